The lowest BCUT2D eigenvalue weighted by Crippen LogP contribution is -2.56. The molecule has 3 rings (SSSR count). The van der Waals surface area contributed by atoms with Crippen LogP contribution >= 0.6 is 0 Å². The number of amides is 1. The van der Waals surface area contributed by atoms with Crippen molar-refractivity contribution < 1.29 is 18.4 Å². The van der Waals surface area contributed by atoms with Gasteiger partial charge in [-0.15, -0.1) is 0 Å². The van der Waals surface area contributed by atoms with Crippen LogP contribution < -0.4 is 15.8 Å². The van der Waals surface area contributed by atoms with E-state index in [9.17, 15) is 13.2 Å². The number of fused-ring (bicyclic) bond motifs is 1. The minimum Gasteiger partial charge on any atom is -0.361 e. The molecule has 25 heavy (non-hydrogen) atoms. The fraction of sp³-hybridized carbons (Fsp3) is 0.278. The second kappa shape index (κ2) is 6.50. The highest BCUT2D eigenvalue weighted by Gasteiger charge is 2.36. The van der Waals surface area contributed by atoms with Crippen molar-refractivity contribution in [1.82, 2.24) is 5.32 Å². The molecule has 1 amide bonds. The molecule has 1 atom stereocenters. The molecule has 1 fully saturated rings. The van der Waals surface area contributed by atoms with Crippen molar-refractivity contribution in [1.29, 1.82) is 0 Å². The summed E-state index contributed by atoms with van der Waals surface area (Å²) >= 11 is 0. The number of hydrogen-bond donors (Lipinski definition) is 3. The standard InChI is InChI=1S/C18H21N3O3S/c1-3-12-8-11(2)9-15-16(18(22)21-17(12)15)10-20-13-4-6-14(7-5-13)25(19,23)24/h4-8,10,15,20H,3,9H2,1-2H3,(H,21,22)(H2,19,23,24)/p+1. The van der Waals surface area contributed by atoms with E-state index in [-0.39, 0.29) is 16.7 Å². The lowest BCUT2D eigenvalue weighted by atomic mass is 9.85. The van der Waals surface area contributed by atoms with Gasteiger partial charge in [0.05, 0.1) is 0 Å². The fourth-order valence-electron chi connectivity index (χ4n) is 3.25. The van der Waals surface area contributed by atoms with Crippen LogP contribution in [-0.2, 0) is 14.8 Å². The first-order chi connectivity index (χ1) is 11.8. The van der Waals surface area contributed by atoms with Gasteiger partial charge in [-0.3, -0.25) is 4.79 Å². The lowest BCUT2D eigenvalue weighted by molar-refractivity contribution is -0.164. The molecule has 1 heterocycles. The lowest BCUT2D eigenvalue weighted by Gasteiger charge is -2.20. The average Bonchev–Trinajstić information content (AvgIpc) is 2.87. The van der Waals surface area contributed by atoms with E-state index in [0.29, 0.717) is 11.3 Å². The molecule has 0 spiro atoms. The number of carbonyl (C=O) groups is 1. The third-order valence-electron chi connectivity index (χ3n) is 4.52. The summed E-state index contributed by atoms with van der Waals surface area (Å²) in [7, 11) is -3.46. The van der Waals surface area contributed by atoms with Crippen molar-refractivity contribution >= 4 is 21.6 Å². The van der Waals surface area contributed by atoms with E-state index in [1.165, 1.54) is 23.3 Å². The molecule has 6 nitrogen and oxygen atoms in total. The van der Waals surface area contributed by atoms with Crippen LogP contribution in [-0.4, -0.2) is 14.3 Å². The van der Waals surface area contributed by atoms with Crippen LogP contribution in [0.2, 0.25) is 0 Å². The van der Waals surface area contributed by atoms with Crippen LogP contribution in [0.15, 0.2) is 63.9 Å². The molecule has 2 aliphatic rings. The van der Waals surface area contributed by atoms with Gasteiger partial charge in [0.15, 0.2) is 0 Å². The quantitative estimate of drug-likeness (QED) is 0.711. The van der Waals surface area contributed by atoms with E-state index >= 15 is 0 Å². The smallest absolute Gasteiger partial charge is 0.322 e. The van der Waals surface area contributed by atoms with Crippen LogP contribution in [0.3, 0.4) is 0 Å². The van der Waals surface area contributed by atoms with E-state index in [1.807, 2.05) is 0 Å². The minimum absolute atomic E-state index is 0.0550. The number of hydrogen-bond acceptors (Lipinski definition) is 4. The number of rotatable bonds is 4. The Balaban J connectivity index is 1.83. The SMILES string of the molecule is CCC1=C2NC(=O)C(=CNc3ccc(S([NH3+])(=O)=O)cc3)C2CC(C)=C1. The van der Waals surface area contributed by atoms with Crippen molar-refractivity contribution in [2.45, 2.75) is 31.6 Å². The summed E-state index contributed by atoms with van der Waals surface area (Å²) < 4.78 is 22.8. The van der Waals surface area contributed by atoms with Gasteiger partial charge >= 0.3 is 10.0 Å². The van der Waals surface area contributed by atoms with Gasteiger partial charge in [-0.1, -0.05) is 18.6 Å². The number of allylic oxidation sites excluding steroid dienone is 4. The Bertz CT molecular complexity index is 909. The van der Waals surface area contributed by atoms with Crippen LogP contribution in [0.5, 0.6) is 0 Å². The van der Waals surface area contributed by atoms with Crippen LogP contribution in [0, 0.1) is 5.92 Å². The first kappa shape index (κ1) is 17.4. The first-order valence-corrected chi connectivity index (χ1v) is 9.81. The van der Waals surface area contributed by atoms with Gasteiger partial charge in [0.1, 0.15) is 4.90 Å². The maximum Gasteiger partial charge on any atom is 0.322 e. The molecular formula is C18H22N3O3S+. The number of quaternary nitrogens is 1. The summed E-state index contributed by atoms with van der Waals surface area (Å²) in [6, 6.07) is 6.29. The molecule has 5 N–H and O–H groups in total. The van der Waals surface area contributed by atoms with E-state index in [2.05, 4.69) is 35.7 Å². The molecule has 0 saturated carbocycles. The van der Waals surface area contributed by atoms with E-state index < -0.39 is 10.0 Å². The molecular weight excluding hydrogens is 338 g/mol. The van der Waals surface area contributed by atoms with Crippen molar-refractivity contribution in [2.24, 2.45) is 5.92 Å². The summed E-state index contributed by atoms with van der Waals surface area (Å²) in [5, 5.41) is 9.22. The second-order valence-electron chi connectivity index (χ2n) is 6.38. The highest BCUT2D eigenvalue weighted by atomic mass is 32.2. The van der Waals surface area contributed by atoms with E-state index in [0.717, 1.165) is 18.5 Å². The maximum atomic E-state index is 12.4. The zero-order valence-corrected chi connectivity index (χ0v) is 15.1. The first-order valence-electron chi connectivity index (χ1n) is 8.16. The topological polar surface area (TPSA) is 103 Å². The van der Waals surface area contributed by atoms with Gasteiger partial charge in [0.2, 0.25) is 0 Å². The van der Waals surface area contributed by atoms with Crippen molar-refractivity contribution in [3.05, 3.63) is 59.0 Å². The Morgan fingerprint density at radius 3 is 2.60 bits per heavy atom. The average molecular weight is 360 g/mol. The Hall–Kier alpha value is -2.38. The summed E-state index contributed by atoms with van der Waals surface area (Å²) in [6.07, 6.45) is 5.57. The monoisotopic (exact) mass is 360 g/mol. The molecule has 1 aliphatic heterocycles. The number of nitrogens with one attached hydrogen (secondary N) is 2. The summed E-state index contributed by atoms with van der Waals surface area (Å²) in [5.41, 5.74) is 4.85. The van der Waals surface area contributed by atoms with Crippen LogP contribution in [0.25, 0.3) is 0 Å². The Labute approximate surface area is 147 Å². The predicted molar refractivity (Wildman–Crippen MR) is 95.5 cm³/mol. The number of benzene rings is 1. The number of sulfonamides is 1. The maximum absolute atomic E-state index is 12.4. The van der Waals surface area contributed by atoms with Crippen molar-refractivity contribution in [2.75, 3.05) is 5.32 Å². The summed E-state index contributed by atoms with van der Waals surface area (Å²) in [4.78, 5) is 12.5. The van der Waals surface area contributed by atoms with Crippen LogP contribution in [0.1, 0.15) is 26.7 Å². The highest BCUT2D eigenvalue weighted by molar-refractivity contribution is 7.84. The van der Waals surface area contributed by atoms with Gasteiger partial charge < -0.3 is 10.6 Å². The van der Waals surface area contributed by atoms with Crippen LogP contribution in [0.4, 0.5) is 5.69 Å². The molecule has 1 saturated heterocycles. The molecule has 1 aromatic rings. The van der Waals surface area contributed by atoms with Crippen molar-refractivity contribution in [3.63, 3.8) is 0 Å². The van der Waals surface area contributed by atoms with Crippen molar-refractivity contribution in [3.8, 4) is 0 Å². The predicted octanol–water partition coefficient (Wildman–Crippen LogP) is 1.67. The second-order valence-corrected chi connectivity index (χ2v) is 8.08. The summed E-state index contributed by atoms with van der Waals surface area (Å²) in [6.45, 7) is 4.16. The number of anilines is 1. The van der Waals surface area contributed by atoms with Gasteiger partial charge in [-0.25, -0.2) is 5.14 Å². The zero-order chi connectivity index (χ0) is 18.2. The molecule has 0 bridgehead atoms. The minimum atomic E-state index is -3.46. The zero-order valence-electron chi connectivity index (χ0n) is 14.3. The van der Waals surface area contributed by atoms with Gasteiger partial charge in [-0.2, -0.15) is 8.42 Å². The highest BCUT2D eigenvalue weighted by Crippen LogP contribution is 2.38. The third-order valence-corrected chi connectivity index (χ3v) is 5.51. The van der Waals surface area contributed by atoms with Gasteiger partial charge in [-0.05, 0) is 49.6 Å². The molecule has 0 aromatic heterocycles. The summed E-state index contributed by atoms with van der Waals surface area (Å²) in [5.74, 6) is -0.0297. The third kappa shape index (κ3) is 3.52. The van der Waals surface area contributed by atoms with E-state index in [4.69, 9.17) is 0 Å². The molecule has 7 heteroatoms. The van der Waals surface area contributed by atoms with Gasteiger partial charge in [0.25, 0.3) is 5.91 Å². The molecule has 132 valence electrons. The largest absolute Gasteiger partial charge is 0.361 e. The molecule has 0 radical (unpaired) electrons. The normalized spacial score (nSPS) is 21.9. The fourth-order valence-corrected chi connectivity index (χ4v) is 3.80. The van der Waals surface area contributed by atoms with E-state index in [1.54, 1.807) is 18.3 Å². The molecule has 1 unspecified atom stereocenters. The molecule has 1 aliphatic carbocycles. The Morgan fingerprint density at radius 2 is 2.00 bits per heavy atom. The van der Waals surface area contributed by atoms with Gasteiger partial charge in [0, 0.05) is 29.1 Å². The Kier molecular flexibility index (Phi) is 4.53. The molecule has 1 aromatic carbocycles. The number of carbonyl (C=O) groups excluding carboxylic acids is 1. The Morgan fingerprint density at radius 1 is 1.32 bits per heavy atom.